The second kappa shape index (κ2) is 10.1. The van der Waals surface area contributed by atoms with Gasteiger partial charge in [0, 0.05) is 30.3 Å². The number of hydrogen-bond acceptors (Lipinski definition) is 6. The van der Waals surface area contributed by atoms with Crippen molar-refractivity contribution in [3.63, 3.8) is 0 Å². The Balaban J connectivity index is 1.42. The number of rotatable bonds is 6. The minimum atomic E-state index is -0.622. The Morgan fingerprint density at radius 2 is 2.03 bits per heavy atom. The Bertz CT molecular complexity index is 1320. The van der Waals surface area contributed by atoms with Crippen LogP contribution in [0.15, 0.2) is 41.3 Å². The van der Waals surface area contributed by atoms with Crippen LogP contribution in [0.5, 0.6) is 0 Å². The Morgan fingerprint density at radius 1 is 1.17 bits per heavy atom. The van der Waals surface area contributed by atoms with E-state index in [1.807, 2.05) is 31.2 Å². The van der Waals surface area contributed by atoms with Gasteiger partial charge in [-0.1, -0.05) is 12.1 Å². The molecule has 1 aliphatic heterocycles. The van der Waals surface area contributed by atoms with Crippen LogP contribution in [-0.2, 0) is 17.6 Å². The van der Waals surface area contributed by atoms with E-state index in [-0.39, 0.29) is 17.7 Å². The van der Waals surface area contributed by atoms with E-state index in [4.69, 9.17) is 4.74 Å². The molecule has 1 aromatic carbocycles. The average molecular weight is 493 g/mol. The quantitative estimate of drug-likeness (QED) is 0.547. The summed E-state index contributed by atoms with van der Waals surface area (Å²) >= 11 is 1.42. The van der Waals surface area contributed by atoms with Gasteiger partial charge in [-0.3, -0.25) is 14.4 Å². The smallest absolute Gasteiger partial charge is 0.280 e. The number of anilines is 1. The normalized spacial score (nSPS) is 17.1. The maximum Gasteiger partial charge on any atom is 0.280 e. The minimum absolute atomic E-state index is 0.0278. The average Bonchev–Trinajstić information content (AvgIpc) is 3.50. The largest absolute Gasteiger partial charge is 0.376 e. The Labute approximate surface area is 207 Å². The van der Waals surface area contributed by atoms with Gasteiger partial charge in [-0.2, -0.15) is 5.10 Å². The molecule has 182 valence electrons. The van der Waals surface area contributed by atoms with Crippen LogP contribution in [0.2, 0.25) is 0 Å². The molecular weight excluding hydrogens is 464 g/mol. The number of hydrogen-bond donors (Lipinski definition) is 2. The lowest BCUT2D eigenvalue weighted by molar-refractivity contribution is 0.0858. The summed E-state index contributed by atoms with van der Waals surface area (Å²) in [5.41, 5.74) is 2.60. The lowest BCUT2D eigenvalue weighted by Gasteiger charge is -2.15. The molecular formula is C26H28N4O4S. The number of carbonyl (C=O) groups excluding carboxylic acids is 2. The summed E-state index contributed by atoms with van der Waals surface area (Å²) in [6.45, 7) is 3.13. The van der Waals surface area contributed by atoms with Crippen molar-refractivity contribution in [1.82, 2.24) is 15.1 Å². The molecule has 0 bridgehead atoms. The van der Waals surface area contributed by atoms with E-state index in [0.717, 1.165) is 66.8 Å². The van der Waals surface area contributed by atoms with Gasteiger partial charge in [0.05, 0.1) is 17.4 Å². The second-order valence-electron chi connectivity index (χ2n) is 9.03. The summed E-state index contributed by atoms with van der Waals surface area (Å²) in [6.07, 6.45) is 7.24. The van der Waals surface area contributed by atoms with Crippen molar-refractivity contribution in [1.29, 1.82) is 0 Å². The molecule has 1 unspecified atom stereocenters. The molecule has 1 fully saturated rings. The highest BCUT2D eigenvalue weighted by atomic mass is 32.1. The number of carbonyl (C=O) groups is 2. The predicted octanol–water partition coefficient (Wildman–Crippen LogP) is 3.64. The molecule has 0 spiro atoms. The lowest BCUT2D eigenvalue weighted by Crippen LogP contribution is -2.33. The molecule has 2 N–H and O–H groups in total. The van der Waals surface area contributed by atoms with E-state index in [2.05, 4.69) is 15.7 Å². The highest BCUT2D eigenvalue weighted by Crippen LogP contribution is 2.38. The van der Waals surface area contributed by atoms with Crippen molar-refractivity contribution < 1.29 is 14.3 Å². The van der Waals surface area contributed by atoms with Crippen molar-refractivity contribution in [3.8, 4) is 5.69 Å². The predicted molar refractivity (Wildman–Crippen MR) is 135 cm³/mol. The molecule has 2 aromatic heterocycles. The zero-order valence-electron chi connectivity index (χ0n) is 19.6. The first-order valence-electron chi connectivity index (χ1n) is 12.0. The van der Waals surface area contributed by atoms with Gasteiger partial charge >= 0.3 is 0 Å². The lowest BCUT2D eigenvalue weighted by atomic mass is 9.95. The molecule has 35 heavy (non-hydrogen) atoms. The third kappa shape index (κ3) is 5.06. The molecule has 3 heterocycles. The van der Waals surface area contributed by atoms with Crippen LogP contribution < -0.4 is 16.1 Å². The monoisotopic (exact) mass is 492 g/mol. The third-order valence-electron chi connectivity index (χ3n) is 6.43. The van der Waals surface area contributed by atoms with Crippen LogP contribution in [0.25, 0.3) is 5.69 Å². The fourth-order valence-electron chi connectivity index (χ4n) is 4.64. The van der Waals surface area contributed by atoms with Gasteiger partial charge in [-0.25, -0.2) is 4.68 Å². The third-order valence-corrected chi connectivity index (χ3v) is 7.64. The van der Waals surface area contributed by atoms with Crippen LogP contribution in [0.1, 0.15) is 62.5 Å². The van der Waals surface area contributed by atoms with Gasteiger partial charge in [0.1, 0.15) is 5.00 Å². The van der Waals surface area contributed by atoms with Gasteiger partial charge in [-0.05, 0) is 68.7 Å². The van der Waals surface area contributed by atoms with Crippen molar-refractivity contribution >= 4 is 28.2 Å². The number of ether oxygens (including phenoxy) is 1. The molecule has 5 rings (SSSR count). The van der Waals surface area contributed by atoms with Gasteiger partial charge < -0.3 is 15.4 Å². The van der Waals surface area contributed by atoms with E-state index in [1.165, 1.54) is 22.1 Å². The summed E-state index contributed by atoms with van der Waals surface area (Å²) in [5, 5.41) is 10.6. The minimum Gasteiger partial charge on any atom is -0.376 e. The van der Waals surface area contributed by atoms with Crippen LogP contribution >= 0.6 is 11.3 Å². The molecule has 9 heteroatoms. The number of aryl methyl sites for hydroxylation is 2. The molecule has 1 aliphatic carbocycles. The summed E-state index contributed by atoms with van der Waals surface area (Å²) in [6, 6.07) is 8.96. The Morgan fingerprint density at radius 3 is 2.83 bits per heavy atom. The van der Waals surface area contributed by atoms with E-state index in [0.29, 0.717) is 17.1 Å². The standard InChI is InChI=1S/C26H28N4O4S/c1-16-6-4-7-17(14-16)30-12-11-20(31)23(29-30)25(33)28-26-22(19-9-2-3-10-21(19)35-26)24(32)27-15-18-8-5-13-34-18/h4,6-7,11-12,14,18H,2-3,5,8-10,13,15H2,1H3,(H,27,32)(H,28,33). The number of thiophene rings is 1. The molecule has 2 amide bonds. The first-order chi connectivity index (χ1) is 17.0. The zero-order chi connectivity index (χ0) is 24.4. The highest BCUT2D eigenvalue weighted by molar-refractivity contribution is 7.17. The van der Waals surface area contributed by atoms with Crippen LogP contribution in [0, 0.1) is 6.92 Å². The van der Waals surface area contributed by atoms with Gasteiger partial charge in [0.2, 0.25) is 5.43 Å². The van der Waals surface area contributed by atoms with Gasteiger partial charge in [0.15, 0.2) is 5.69 Å². The first-order valence-corrected chi connectivity index (χ1v) is 12.8. The molecule has 0 saturated carbocycles. The SMILES string of the molecule is Cc1cccc(-n2ccc(=O)c(C(=O)Nc3sc4c(c3C(=O)NCC3CCCO3)CCCC4)n2)c1. The zero-order valence-corrected chi connectivity index (χ0v) is 20.5. The van der Waals surface area contributed by atoms with E-state index in [9.17, 15) is 14.4 Å². The number of aromatic nitrogens is 2. The van der Waals surface area contributed by atoms with Crippen LogP contribution in [-0.4, -0.2) is 40.9 Å². The molecule has 2 aliphatic rings. The van der Waals surface area contributed by atoms with Crippen molar-refractivity contribution in [2.24, 2.45) is 0 Å². The van der Waals surface area contributed by atoms with E-state index >= 15 is 0 Å². The molecule has 1 atom stereocenters. The Kier molecular flexibility index (Phi) is 6.79. The van der Waals surface area contributed by atoms with Crippen molar-refractivity contribution in [2.45, 2.75) is 51.6 Å². The molecule has 3 aromatic rings. The van der Waals surface area contributed by atoms with Crippen molar-refractivity contribution in [3.05, 3.63) is 74.0 Å². The highest BCUT2D eigenvalue weighted by Gasteiger charge is 2.28. The van der Waals surface area contributed by atoms with E-state index < -0.39 is 11.3 Å². The number of fused-ring (bicyclic) bond motifs is 1. The molecule has 1 saturated heterocycles. The molecule has 0 radical (unpaired) electrons. The maximum absolute atomic E-state index is 13.2. The summed E-state index contributed by atoms with van der Waals surface area (Å²) in [4.78, 5) is 40.1. The number of amides is 2. The first kappa shape index (κ1) is 23.4. The number of benzene rings is 1. The Hall–Kier alpha value is -3.30. The summed E-state index contributed by atoms with van der Waals surface area (Å²) in [7, 11) is 0. The van der Waals surface area contributed by atoms with Crippen LogP contribution in [0.4, 0.5) is 5.00 Å². The van der Waals surface area contributed by atoms with E-state index in [1.54, 1.807) is 6.20 Å². The second-order valence-corrected chi connectivity index (χ2v) is 10.1. The number of nitrogens with one attached hydrogen (secondary N) is 2. The van der Waals surface area contributed by atoms with Gasteiger partial charge in [0.25, 0.3) is 11.8 Å². The summed E-state index contributed by atoms with van der Waals surface area (Å²) < 4.78 is 7.14. The fourth-order valence-corrected chi connectivity index (χ4v) is 5.92. The molecule has 8 nitrogen and oxygen atoms in total. The van der Waals surface area contributed by atoms with Crippen LogP contribution in [0.3, 0.4) is 0 Å². The fraction of sp³-hybridized carbons (Fsp3) is 0.385. The number of nitrogens with zero attached hydrogens (tertiary/aromatic N) is 2. The maximum atomic E-state index is 13.2. The van der Waals surface area contributed by atoms with Crippen molar-refractivity contribution in [2.75, 3.05) is 18.5 Å². The van der Waals surface area contributed by atoms with Gasteiger partial charge in [-0.15, -0.1) is 11.3 Å². The summed E-state index contributed by atoms with van der Waals surface area (Å²) in [5.74, 6) is -0.836. The topological polar surface area (TPSA) is 102 Å².